The molecule has 16 heavy (non-hydrogen) atoms. The van der Waals surface area contributed by atoms with Crippen LogP contribution in [0.2, 0.25) is 0 Å². The quantitative estimate of drug-likeness (QED) is 0.597. The van der Waals surface area contributed by atoms with Crippen LogP contribution in [0.25, 0.3) is 0 Å². The van der Waals surface area contributed by atoms with Crippen molar-refractivity contribution in [2.45, 2.75) is 19.8 Å². The lowest BCUT2D eigenvalue weighted by atomic mass is 10.2. The van der Waals surface area contributed by atoms with Gasteiger partial charge in [0.15, 0.2) is 11.5 Å². The first-order chi connectivity index (χ1) is 7.72. The molecule has 0 aliphatic rings. The second kappa shape index (κ2) is 6.10. The summed E-state index contributed by atoms with van der Waals surface area (Å²) in [6, 6.07) is 3.46. The van der Waals surface area contributed by atoms with Crippen LogP contribution in [0.5, 0.6) is 17.2 Å². The Morgan fingerprint density at radius 1 is 1.06 bits per heavy atom. The lowest BCUT2D eigenvalue weighted by molar-refractivity contribution is 0.305. The molecule has 0 aromatic heterocycles. The number of hydrogen-bond acceptors (Lipinski definition) is 4. The number of nitrogen functional groups attached to an aromatic ring is 1. The Kier molecular flexibility index (Phi) is 4.76. The molecule has 0 fully saturated rings. The summed E-state index contributed by atoms with van der Waals surface area (Å²) in [6.45, 7) is 2.78. The van der Waals surface area contributed by atoms with Crippen molar-refractivity contribution >= 4 is 5.69 Å². The molecule has 0 aliphatic heterocycles. The zero-order valence-corrected chi connectivity index (χ0v) is 10.1. The van der Waals surface area contributed by atoms with Crippen molar-refractivity contribution in [3.63, 3.8) is 0 Å². The minimum absolute atomic E-state index is 0.564. The molecular formula is C12H19NO3. The van der Waals surface area contributed by atoms with Gasteiger partial charge in [0.2, 0.25) is 0 Å². The molecule has 0 atom stereocenters. The summed E-state index contributed by atoms with van der Waals surface area (Å²) in [5.74, 6) is 1.89. The monoisotopic (exact) mass is 225 g/mol. The van der Waals surface area contributed by atoms with Crippen LogP contribution in [-0.2, 0) is 0 Å². The fourth-order valence-corrected chi connectivity index (χ4v) is 1.33. The van der Waals surface area contributed by atoms with E-state index in [0.717, 1.165) is 12.8 Å². The van der Waals surface area contributed by atoms with E-state index in [0.29, 0.717) is 29.5 Å². The van der Waals surface area contributed by atoms with E-state index in [1.165, 1.54) is 0 Å². The average Bonchev–Trinajstić information content (AvgIpc) is 2.31. The van der Waals surface area contributed by atoms with Crippen LogP contribution in [-0.4, -0.2) is 20.8 Å². The van der Waals surface area contributed by atoms with Gasteiger partial charge in [-0.15, -0.1) is 0 Å². The Labute approximate surface area is 96.3 Å². The summed E-state index contributed by atoms with van der Waals surface area (Å²) in [5.41, 5.74) is 6.41. The van der Waals surface area contributed by atoms with Gasteiger partial charge in [-0.25, -0.2) is 0 Å². The van der Waals surface area contributed by atoms with Crippen molar-refractivity contribution in [3.05, 3.63) is 12.1 Å². The third kappa shape index (κ3) is 2.95. The number of anilines is 1. The molecule has 4 heteroatoms. The molecule has 90 valence electrons. The van der Waals surface area contributed by atoms with Crippen molar-refractivity contribution in [2.75, 3.05) is 26.6 Å². The highest BCUT2D eigenvalue weighted by Gasteiger charge is 2.09. The second-order valence-electron chi connectivity index (χ2n) is 3.45. The van der Waals surface area contributed by atoms with Gasteiger partial charge >= 0.3 is 0 Å². The normalized spacial score (nSPS) is 9.94. The Morgan fingerprint density at radius 3 is 2.25 bits per heavy atom. The number of methoxy groups -OCH3 is 2. The summed E-state index contributed by atoms with van der Waals surface area (Å²) in [6.07, 6.45) is 2.10. The minimum atomic E-state index is 0.564. The van der Waals surface area contributed by atoms with E-state index in [1.807, 2.05) is 0 Å². The van der Waals surface area contributed by atoms with Crippen LogP contribution in [0.1, 0.15) is 19.8 Å². The van der Waals surface area contributed by atoms with Crippen LogP contribution in [0, 0.1) is 0 Å². The Bertz CT molecular complexity index is 339. The molecule has 2 N–H and O–H groups in total. The van der Waals surface area contributed by atoms with Gasteiger partial charge in [-0.1, -0.05) is 13.3 Å². The highest BCUT2D eigenvalue weighted by Crippen LogP contribution is 2.36. The van der Waals surface area contributed by atoms with Gasteiger partial charge in [0.25, 0.3) is 0 Å². The van der Waals surface area contributed by atoms with E-state index in [2.05, 4.69) is 6.92 Å². The van der Waals surface area contributed by atoms with E-state index >= 15 is 0 Å². The molecule has 0 saturated heterocycles. The molecule has 0 aliphatic carbocycles. The largest absolute Gasteiger partial charge is 0.493 e. The predicted molar refractivity (Wildman–Crippen MR) is 64.4 cm³/mol. The van der Waals surface area contributed by atoms with Crippen molar-refractivity contribution in [2.24, 2.45) is 0 Å². The number of ether oxygens (including phenoxy) is 3. The van der Waals surface area contributed by atoms with E-state index in [9.17, 15) is 0 Å². The summed E-state index contributed by atoms with van der Waals surface area (Å²) in [5, 5.41) is 0. The van der Waals surface area contributed by atoms with Gasteiger partial charge in [0, 0.05) is 12.1 Å². The molecule has 0 saturated carbocycles. The van der Waals surface area contributed by atoms with E-state index < -0.39 is 0 Å². The molecule has 0 spiro atoms. The van der Waals surface area contributed by atoms with Crippen LogP contribution < -0.4 is 19.9 Å². The second-order valence-corrected chi connectivity index (χ2v) is 3.45. The summed E-state index contributed by atoms with van der Waals surface area (Å²) in [4.78, 5) is 0. The van der Waals surface area contributed by atoms with E-state index in [1.54, 1.807) is 26.4 Å². The number of nitrogens with two attached hydrogens (primary N) is 1. The number of rotatable bonds is 6. The molecule has 0 amide bonds. The molecule has 0 heterocycles. The first kappa shape index (κ1) is 12.5. The van der Waals surface area contributed by atoms with Gasteiger partial charge in [0.05, 0.1) is 26.5 Å². The first-order valence-corrected chi connectivity index (χ1v) is 5.37. The smallest absolute Gasteiger partial charge is 0.164 e. The zero-order chi connectivity index (χ0) is 12.0. The fourth-order valence-electron chi connectivity index (χ4n) is 1.33. The molecular weight excluding hydrogens is 206 g/mol. The lowest BCUT2D eigenvalue weighted by Crippen LogP contribution is -2.01. The maximum atomic E-state index is 5.84. The Hall–Kier alpha value is -1.58. The molecule has 0 unspecified atom stereocenters. The van der Waals surface area contributed by atoms with Gasteiger partial charge in [-0.05, 0) is 6.42 Å². The van der Waals surface area contributed by atoms with Gasteiger partial charge in [-0.2, -0.15) is 0 Å². The van der Waals surface area contributed by atoms with E-state index in [-0.39, 0.29) is 0 Å². The minimum Gasteiger partial charge on any atom is -0.493 e. The number of hydrogen-bond donors (Lipinski definition) is 1. The van der Waals surface area contributed by atoms with Crippen molar-refractivity contribution in [1.29, 1.82) is 0 Å². The number of benzene rings is 1. The molecule has 0 radical (unpaired) electrons. The predicted octanol–water partition coefficient (Wildman–Crippen LogP) is 2.46. The van der Waals surface area contributed by atoms with Crippen molar-refractivity contribution in [3.8, 4) is 17.2 Å². The van der Waals surface area contributed by atoms with Crippen molar-refractivity contribution in [1.82, 2.24) is 0 Å². The highest BCUT2D eigenvalue weighted by molar-refractivity contribution is 5.61. The van der Waals surface area contributed by atoms with Gasteiger partial charge in [-0.3, -0.25) is 0 Å². The first-order valence-electron chi connectivity index (χ1n) is 5.37. The number of unbranched alkanes of at least 4 members (excludes halogenated alkanes) is 1. The zero-order valence-electron chi connectivity index (χ0n) is 10.1. The summed E-state index contributed by atoms with van der Waals surface area (Å²) in [7, 11) is 3.17. The maximum absolute atomic E-state index is 5.84. The third-order valence-electron chi connectivity index (χ3n) is 2.27. The standard InChI is InChI=1S/C12H19NO3/c1-4-5-6-16-10-8-12(15-3)11(14-2)7-9(10)13/h7-8H,4-6,13H2,1-3H3. The van der Waals surface area contributed by atoms with Crippen LogP contribution >= 0.6 is 0 Å². The fraction of sp³-hybridized carbons (Fsp3) is 0.500. The third-order valence-corrected chi connectivity index (χ3v) is 2.27. The SMILES string of the molecule is CCCCOc1cc(OC)c(OC)cc1N. The van der Waals surface area contributed by atoms with Crippen LogP contribution in [0.4, 0.5) is 5.69 Å². The summed E-state index contributed by atoms with van der Waals surface area (Å²) < 4.78 is 15.9. The molecule has 1 aromatic rings. The highest BCUT2D eigenvalue weighted by atomic mass is 16.5. The molecule has 1 aromatic carbocycles. The Morgan fingerprint density at radius 2 is 1.69 bits per heavy atom. The molecule has 1 rings (SSSR count). The van der Waals surface area contributed by atoms with Gasteiger partial charge < -0.3 is 19.9 Å². The maximum Gasteiger partial charge on any atom is 0.164 e. The van der Waals surface area contributed by atoms with Gasteiger partial charge in [0.1, 0.15) is 5.75 Å². The molecule has 0 bridgehead atoms. The molecule has 4 nitrogen and oxygen atoms in total. The van der Waals surface area contributed by atoms with Crippen LogP contribution in [0.3, 0.4) is 0 Å². The summed E-state index contributed by atoms with van der Waals surface area (Å²) >= 11 is 0. The van der Waals surface area contributed by atoms with E-state index in [4.69, 9.17) is 19.9 Å². The average molecular weight is 225 g/mol. The topological polar surface area (TPSA) is 53.7 Å². The van der Waals surface area contributed by atoms with Crippen LogP contribution in [0.15, 0.2) is 12.1 Å². The van der Waals surface area contributed by atoms with Crippen molar-refractivity contribution < 1.29 is 14.2 Å². The lowest BCUT2D eigenvalue weighted by Gasteiger charge is -2.13. The Balaban J connectivity index is 2.84.